The van der Waals surface area contributed by atoms with E-state index < -0.39 is 0 Å². The molecule has 1 aliphatic rings. The third-order valence-electron chi connectivity index (χ3n) is 2.86. The van der Waals surface area contributed by atoms with E-state index in [4.69, 9.17) is 0 Å². The highest BCUT2D eigenvalue weighted by Gasteiger charge is 2.15. The van der Waals surface area contributed by atoms with Crippen LogP contribution in [0, 0.1) is 0 Å². The predicted molar refractivity (Wildman–Crippen MR) is 59.5 cm³/mol. The van der Waals surface area contributed by atoms with Crippen LogP contribution in [0.3, 0.4) is 0 Å². The number of nitrogens with zero attached hydrogens (tertiary/aromatic N) is 2. The van der Waals surface area contributed by atoms with Crippen LogP contribution < -0.4 is 10.6 Å². The minimum absolute atomic E-state index is 0.279. The van der Waals surface area contributed by atoms with E-state index in [1.54, 1.807) is 12.4 Å². The van der Waals surface area contributed by atoms with Crippen molar-refractivity contribution < 1.29 is 0 Å². The van der Waals surface area contributed by atoms with Crippen molar-refractivity contribution in [2.24, 2.45) is 0 Å². The zero-order chi connectivity index (χ0) is 10.5. The van der Waals surface area contributed by atoms with Gasteiger partial charge in [-0.05, 0) is 26.3 Å². The van der Waals surface area contributed by atoms with Crippen molar-refractivity contribution >= 4 is 0 Å². The molecule has 0 bridgehead atoms. The molecular weight excluding hydrogens is 188 g/mol. The minimum atomic E-state index is 0.279. The lowest BCUT2D eigenvalue weighted by Crippen LogP contribution is -2.35. The zero-order valence-corrected chi connectivity index (χ0v) is 9.11. The van der Waals surface area contributed by atoms with Crippen LogP contribution in [0.5, 0.6) is 0 Å². The molecule has 2 N–H and O–H groups in total. The Balaban J connectivity index is 1.79. The highest BCUT2D eigenvalue weighted by Crippen LogP contribution is 2.08. The fraction of sp³-hybridized carbons (Fsp3) is 0.636. The summed E-state index contributed by atoms with van der Waals surface area (Å²) in [5, 5.41) is 6.94. The Bertz CT molecular complexity index is 282. The fourth-order valence-corrected chi connectivity index (χ4v) is 1.89. The first-order chi connectivity index (χ1) is 7.36. The Morgan fingerprint density at radius 3 is 3.20 bits per heavy atom. The summed E-state index contributed by atoms with van der Waals surface area (Å²) in [6, 6.07) is 0.908. The van der Waals surface area contributed by atoms with E-state index in [2.05, 4.69) is 27.5 Å². The van der Waals surface area contributed by atoms with Gasteiger partial charge in [0.05, 0.1) is 5.69 Å². The van der Waals surface area contributed by atoms with E-state index in [1.165, 1.54) is 12.8 Å². The minimum Gasteiger partial charge on any atom is -0.313 e. The van der Waals surface area contributed by atoms with E-state index in [1.807, 2.05) is 6.20 Å². The summed E-state index contributed by atoms with van der Waals surface area (Å²) in [7, 11) is 0. The topological polar surface area (TPSA) is 49.8 Å². The Morgan fingerprint density at radius 1 is 1.60 bits per heavy atom. The number of hydrogen-bond donors (Lipinski definition) is 2. The molecule has 0 saturated carbocycles. The average molecular weight is 206 g/mol. The van der Waals surface area contributed by atoms with E-state index >= 15 is 0 Å². The molecule has 1 aromatic heterocycles. The van der Waals surface area contributed by atoms with Gasteiger partial charge in [0.2, 0.25) is 0 Å². The van der Waals surface area contributed by atoms with Gasteiger partial charge in [0, 0.05) is 37.2 Å². The third kappa shape index (κ3) is 2.97. The van der Waals surface area contributed by atoms with Crippen molar-refractivity contribution in [3.8, 4) is 0 Å². The number of hydrogen-bond acceptors (Lipinski definition) is 4. The second kappa shape index (κ2) is 5.19. The summed E-state index contributed by atoms with van der Waals surface area (Å²) in [5.41, 5.74) is 1.01. The standard InChI is InChI=1S/C11H18N4/c1-9(11-8-12-5-6-14-11)15-7-10-3-2-4-13-10/h5-6,8-10,13,15H,2-4,7H2,1H3/t9-,10-/m0/s1. The molecular formula is C11H18N4. The lowest BCUT2D eigenvalue weighted by molar-refractivity contribution is 0.483. The van der Waals surface area contributed by atoms with Crippen LogP contribution in [0.15, 0.2) is 18.6 Å². The number of aromatic nitrogens is 2. The Morgan fingerprint density at radius 2 is 2.53 bits per heavy atom. The van der Waals surface area contributed by atoms with Crippen molar-refractivity contribution in [1.29, 1.82) is 0 Å². The average Bonchev–Trinajstić information content (AvgIpc) is 2.80. The Labute approximate surface area is 90.5 Å². The van der Waals surface area contributed by atoms with Crippen molar-refractivity contribution in [2.75, 3.05) is 13.1 Å². The zero-order valence-electron chi connectivity index (χ0n) is 9.11. The highest BCUT2D eigenvalue weighted by atomic mass is 15.0. The van der Waals surface area contributed by atoms with Crippen LogP contribution in [-0.4, -0.2) is 29.1 Å². The molecule has 0 spiro atoms. The molecule has 4 nitrogen and oxygen atoms in total. The van der Waals surface area contributed by atoms with Gasteiger partial charge in [-0.2, -0.15) is 0 Å². The van der Waals surface area contributed by atoms with E-state index in [-0.39, 0.29) is 6.04 Å². The molecule has 2 atom stereocenters. The molecule has 4 heteroatoms. The van der Waals surface area contributed by atoms with Gasteiger partial charge in [0.15, 0.2) is 0 Å². The van der Waals surface area contributed by atoms with Crippen LogP contribution in [-0.2, 0) is 0 Å². The summed E-state index contributed by atoms with van der Waals surface area (Å²) >= 11 is 0. The second-order valence-corrected chi connectivity index (χ2v) is 4.05. The summed E-state index contributed by atoms with van der Waals surface area (Å²) in [6.45, 7) is 4.29. The molecule has 0 aromatic carbocycles. The summed E-state index contributed by atoms with van der Waals surface area (Å²) in [5.74, 6) is 0. The largest absolute Gasteiger partial charge is 0.313 e. The lowest BCUT2D eigenvalue weighted by Gasteiger charge is -2.16. The van der Waals surface area contributed by atoms with E-state index in [9.17, 15) is 0 Å². The summed E-state index contributed by atoms with van der Waals surface area (Å²) < 4.78 is 0. The molecule has 0 amide bonds. The molecule has 0 unspecified atom stereocenters. The van der Waals surface area contributed by atoms with Gasteiger partial charge < -0.3 is 10.6 Å². The van der Waals surface area contributed by atoms with Gasteiger partial charge >= 0.3 is 0 Å². The molecule has 0 aliphatic carbocycles. The fourth-order valence-electron chi connectivity index (χ4n) is 1.89. The smallest absolute Gasteiger partial charge is 0.0753 e. The summed E-state index contributed by atoms with van der Waals surface area (Å²) in [6.07, 6.45) is 7.84. The van der Waals surface area contributed by atoms with Crippen molar-refractivity contribution in [3.63, 3.8) is 0 Å². The van der Waals surface area contributed by atoms with Crippen LogP contribution in [0.25, 0.3) is 0 Å². The monoisotopic (exact) mass is 206 g/mol. The maximum Gasteiger partial charge on any atom is 0.0753 e. The van der Waals surface area contributed by atoms with E-state index in [0.717, 1.165) is 18.8 Å². The first kappa shape index (κ1) is 10.5. The van der Waals surface area contributed by atoms with Crippen molar-refractivity contribution in [2.45, 2.75) is 31.8 Å². The van der Waals surface area contributed by atoms with Crippen LogP contribution >= 0.6 is 0 Å². The number of nitrogens with one attached hydrogen (secondary N) is 2. The molecule has 1 saturated heterocycles. The third-order valence-corrected chi connectivity index (χ3v) is 2.86. The molecule has 1 fully saturated rings. The molecule has 2 rings (SSSR count). The number of rotatable bonds is 4. The van der Waals surface area contributed by atoms with Crippen molar-refractivity contribution in [1.82, 2.24) is 20.6 Å². The molecule has 2 heterocycles. The Hall–Kier alpha value is -1.00. The molecule has 1 aliphatic heterocycles. The highest BCUT2D eigenvalue weighted by molar-refractivity contribution is 5.00. The first-order valence-electron chi connectivity index (χ1n) is 5.59. The Kier molecular flexibility index (Phi) is 3.64. The second-order valence-electron chi connectivity index (χ2n) is 4.05. The maximum absolute atomic E-state index is 4.28. The molecule has 82 valence electrons. The van der Waals surface area contributed by atoms with Crippen LogP contribution in [0.1, 0.15) is 31.5 Å². The van der Waals surface area contributed by atoms with E-state index in [0.29, 0.717) is 6.04 Å². The summed E-state index contributed by atoms with van der Waals surface area (Å²) in [4.78, 5) is 8.35. The van der Waals surface area contributed by atoms with Gasteiger partial charge in [-0.15, -0.1) is 0 Å². The lowest BCUT2D eigenvalue weighted by atomic mass is 10.2. The van der Waals surface area contributed by atoms with Gasteiger partial charge in [0.25, 0.3) is 0 Å². The molecule has 15 heavy (non-hydrogen) atoms. The van der Waals surface area contributed by atoms with Gasteiger partial charge in [-0.1, -0.05) is 0 Å². The predicted octanol–water partition coefficient (Wildman–Crippen LogP) is 0.879. The van der Waals surface area contributed by atoms with Gasteiger partial charge in [0.1, 0.15) is 0 Å². The van der Waals surface area contributed by atoms with Gasteiger partial charge in [-0.3, -0.25) is 9.97 Å². The van der Waals surface area contributed by atoms with Crippen molar-refractivity contribution in [3.05, 3.63) is 24.3 Å². The SMILES string of the molecule is C[C@H](NC[C@@H]1CCCN1)c1cnccn1. The first-order valence-corrected chi connectivity index (χ1v) is 5.59. The quantitative estimate of drug-likeness (QED) is 0.768. The maximum atomic E-state index is 4.28. The van der Waals surface area contributed by atoms with Crippen LogP contribution in [0.2, 0.25) is 0 Å². The normalized spacial score (nSPS) is 22.9. The van der Waals surface area contributed by atoms with Crippen LogP contribution in [0.4, 0.5) is 0 Å². The molecule has 1 aromatic rings. The van der Waals surface area contributed by atoms with Gasteiger partial charge in [-0.25, -0.2) is 0 Å². The molecule has 0 radical (unpaired) electrons.